The van der Waals surface area contributed by atoms with E-state index >= 15 is 0 Å². The van der Waals surface area contributed by atoms with E-state index in [9.17, 15) is 4.79 Å². The van der Waals surface area contributed by atoms with Crippen LogP contribution in [-0.4, -0.2) is 14.5 Å². The summed E-state index contributed by atoms with van der Waals surface area (Å²) in [6, 6.07) is 7.08. The Balaban J connectivity index is 2.21. The van der Waals surface area contributed by atoms with Crippen LogP contribution in [0.15, 0.2) is 45.9 Å². The maximum absolute atomic E-state index is 11.9. The van der Waals surface area contributed by atoms with Crippen LogP contribution in [0.2, 0.25) is 0 Å². The minimum Gasteiger partial charge on any atom is -0.460 e. The van der Waals surface area contributed by atoms with E-state index in [1.54, 1.807) is 29.1 Å². The number of aryl methyl sites for hydroxylation is 1. The van der Waals surface area contributed by atoms with E-state index in [1.807, 2.05) is 32.9 Å². The summed E-state index contributed by atoms with van der Waals surface area (Å²) in [5, 5.41) is 0. The summed E-state index contributed by atoms with van der Waals surface area (Å²) in [5.41, 5.74) is 7.90. The second-order valence-electron chi connectivity index (χ2n) is 5.66. The number of aromatic nitrogens is 3. The van der Waals surface area contributed by atoms with Gasteiger partial charge in [-0.25, -0.2) is 9.97 Å². The Morgan fingerprint density at radius 3 is 2.65 bits per heavy atom. The molecule has 0 radical (unpaired) electrons. The number of nitrogen functional groups attached to an aromatic ring is 1. The van der Waals surface area contributed by atoms with Crippen LogP contribution in [0.4, 0.5) is 5.95 Å². The summed E-state index contributed by atoms with van der Waals surface area (Å²) in [6.45, 7) is 5.79. The molecule has 0 bridgehead atoms. The van der Waals surface area contributed by atoms with Crippen molar-refractivity contribution >= 4 is 5.95 Å². The van der Waals surface area contributed by atoms with Gasteiger partial charge in [-0.3, -0.25) is 4.79 Å². The molecule has 3 rings (SSSR count). The zero-order chi connectivity index (χ0) is 16.6. The molecule has 3 heterocycles. The van der Waals surface area contributed by atoms with Gasteiger partial charge in [-0.2, -0.15) is 0 Å². The molecule has 23 heavy (non-hydrogen) atoms. The van der Waals surface area contributed by atoms with E-state index in [-0.39, 0.29) is 17.5 Å². The minimum atomic E-state index is -0.0458. The molecule has 118 valence electrons. The largest absolute Gasteiger partial charge is 0.460 e. The Hall–Kier alpha value is -2.89. The molecule has 6 heteroatoms. The van der Waals surface area contributed by atoms with E-state index in [4.69, 9.17) is 10.2 Å². The standard InChI is InChI=1S/C17H18N4O2/c1-10(2)21-9-12(5-7-15(21)22)13-8-19-17(18)20-16(13)14-6-4-11(3)23-14/h4-10H,1-3H3,(H2,18,19,20). The summed E-state index contributed by atoms with van der Waals surface area (Å²) in [4.78, 5) is 20.3. The van der Waals surface area contributed by atoms with Gasteiger partial charge < -0.3 is 14.7 Å². The molecule has 0 unspecified atom stereocenters. The van der Waals surface area contributed by atoms with Crippen molar-refractivity contribution in [2.75, 3.05) is 5.73 Å². The second kappa shape index (κ2) is 5.72. The highest BCUT2D eigenvalue weighted by atomic mass is 16.3. The van der Waals surface area contributed by atoms with Crippen LogP contribution in [0.1, 0.15) is 25.6 Å². The Kier molecular flexibility index (Phi) is 3.73. The number of nitrogens with zero attached hydrogens (tertiary/aromatic N) is 3. The summed E-state index contributed by atoms with van der Waals surface area (Å²) in [7, 11) is 0. The fourth-order valence-electron chi connectivity index (χ4n) is 2.42. The minimum absolute atomic E-state index is 0.0458. The molecule has 0 aromatic carbocycles. The average Bonchev–Trinajstić information content (AvgIpc) is 2.94. The van der Waals surface area contributed by atoms with Gasteiger partial charge in [-0.15, -0.1) is 0 Å². The number of rotatable bonds is 3. The van der Waals surface area contributed by atoms with Crippen LogP contribution in [0.5, 0.6) is 0 Å². The fraction of sp³-hybridized carbons (Fsp3) is 0.235. The molecule has 0 amide bonds. The molecular weight excluding hydrogens is 292 g/mol. The van der Waals surface area contributed by atoms with Gasteiger partial charge >= 0.3 is 0 Å². The monoisotopic (exact) mass is 310 g/mol. The summed E-state index contributed by atoms with van der Waals surface area (Å²) < 4.78 is 7.34. The zero-order valence-electron chi connectivity index (χ0n) is 13.3. The third-order valence-corrected chi connectivity index (χ3v) is 3.59. The quantitative estimate of drug-likeness (QED) is 0.803. The molecule has 0 aliphatic carbocycles. The number of furan rings is 1. The first-order valence-corrected chi connectivity index (χ1v) is 7.37. The smallest absolute Gasteiger partial charge is 0.250 e. The van der Waals surface area contributed by atoms with Crippen LogP contribution in [-0.2, 0) is 0 Å². The maximum atomic E-state index is 11.9. The molecule has 0 atom stereocenters. The summed E-state index contributed by atoms with van der Waals surface area (Å²) in [5.74, 6) is 1.58. The van der Waals surface area contributed by atoms with Gasteiger partial charge in [0.25, 0.3) is 5.56 Å². The average molecular weight is 310 g/mol. The number of anilines is 1. The molecule has 0 saturated heterocycles. The van der Waals surface area contributed by atoms with Crippen LogP contribution in [0.25, 0.3) is 22.6 Å². The van der Waals surface area contributed by atoms with Crippen molar-refractivity contribution in [3.8, 4) is 22.6 Å². The van der Waals surface area contributed by atoms with Crippen molar-refractivity contribution in [2.45, 2.75) is 26.8 Å². The second-order valence-corrected chi connectivity index (χ2v) is 5.66. The molecule has 2 N–H and O–H groups in total. The molecule has 0 saturated carbocycles. The predicted octanol–water partition coefficient (Wildman–Crippen LogP) is 3.04. The summed E-state index contributed by atoms with van der Waals surface area (Å²) in [6.07, 6.45) is 3.46. The van der Waals surface area contributed by atoms with Crippen molar-refractivity contribution in [1.82, 2.24) is 14.5 Å². The molecule has 0 aliphatic heterocycles. The highest BCUT2D eigenvalue weighted by molar-refractivity contribution is 5.78. The van der Waals surface area contributed by atoms with Crippen molar-refractivity contribution in [2.24, 2.45) is 0 Å². The van der Waals surface area contributed by atoms with Gasteiger partial charge in [0.2, 0.25) is 5.95 Å². The van der Waals surface area contributed by atoms with E-state index in [0.29, 0.717) is 11.5 Å². The van der Waals surface area contributed by atoms with E-state index in [0.717, 1.165) is 16.9 Å². The van der Waals surface area contributed by atoms with Crippen molar-refractivity contribution in [3.63, 3.8) is 0 Å². The number of pyridine rings is 1. The first kappa shape index (κ1) is 15.0. The highest BCUT2D eigenvalue weighted by Gasteiger charge is 2.15. The lowest BCUT2D eigenvalue weighted by molar-refractivity contribution is 0.546. The van der Waals surface area contributed by atoms with Crippen LogP contribution >= 0.6 is 0 Å². The third kappa shape index (κ3) is 2.88. The van der Waals surface area contributed by atoms with Crippen LogP contribution in [0, 0.1) is 6.92 Å². The van der Waals surface area contributed by atoms with E-state index in [1.165, 1.54) is 0 Å². The first-order valence-electron chi connectivity index (χ1n) is 7.37. The number of hydrogen-bond acceptors (Lipinski definition) is 5. The molecule has 3 aromatic rings. The Morgan fingerprint density at radius 2 is 2.00 bits per heavy atom. The van der Waals surface area contributed by atoms with E-state index < -0.39 is 0 Å². The lowest BCUT2D eigenvalue weighted by atomic mass is 10.1. The third-order valence-electron chi connectivity index (χ3n) is 3.59. The van der Waals surface area contributed by atoms with Gasteiger partial charge in [0.05, 0.1) is 0 Å². The van der Waals surface area contributed by atoms with Gasteiger partial charge in [0.15, 0.2) is 5.76 Å². The Bertz CT molecular complexity index is 909. The van der Waals surface area contributed by atoms with Gasteiger partial charge in [0.1, 0.15) is 11.5 Å². The molecule has 0 fully saturated rings. The lowest BCUT2D eigenvalue weighted by Crippen LogP contribution is -2.20. The highest BCUT2D eigenvalue weighted by Crippen LogP contribution is 2.31. The van der Waals surface area contributed by atoms with E-state index in [2.05, 4.69) is 9.97 Å². The van der Waals surface area contributed by atoms with Gasteiger partial charge in [0, 0.05) is 35.6 Å². The number of hydrogen-bond donors (Lipinski definition) is 1. The lowest BCUT2D eigenvalue weighted by Gasteiger charge is -2.13. The SMILES string of the molecule is Cc1ccc(-c2nc(N)ncc2-c2ccc(=O)n(C(C)C)c2)o1. The Labute approximate surface area is 133 Å². The normalized spacial score (nSPS) is 11.1. The van der Waals surface area contributed by atoms with Crippen LogP contribution in [0.3, 0.4) is 0 Å². The summed E-state index contributed by atoms with van der Waals surface area (Å²) >= 11 is 0. The van der Waals surface area contributed by atoms with Crippen molar-refractivity contribution < 1.29 is 4.42 Å². The molecule has 6 nitrogen and oxygen atoms in total. The first-order chi connectivity index (χ1) is 11.0. The molecule has 0 spiro atoms. The van der Waals surface area contributed by atoms with Gasteiger partial charge in [-0.05, 0) is 39.0 Å². The van der Waals surface area contributed by atoms with Crippen molar-refractivity contribution in [1.29, 1.82) is 0 Å². The fourth-order valence-corrected chi connectivity index (χ4v) is 2.42. The predicted molar refractivity (Wildman–Crippen MR) is 89.0 cm³/mol. The van der Waals surface area contributed by atoms with Crippen molar-refractivity contribution in [3.05, 3.63) is 52.8 Å². The van der Waals surface area contributed by atoms with Gasteiger partial charge in [-0.1, -0.05) is 0 Å². The molecule has 0 aliphatic rings. The molecular formula is C17H18N4O2. The number of nitrogens with two attached hydrogens (primary N) is 1. The van der Waals surface area contributed by atoms with Crippen LogP contribution < -0.4 is 11.3 Å². The maximum Gasteiger partial charge on any atom is 0.250 e. The topological polar surface area (TPSA) is 86.9 Å². The Morgan fingerprint density at radius 1 is 1.22 bits per heavy atom. The zero-order valence-corrected chi connectivity index (χ0v) is 13.3. The molecule has 3 aromatic heterocycles.